The minimum atomic E-state index is -0.594. The molecule has 0 saturated heterocycles. The van der Waals surface area contributed by atoms with Gasteiger partial charge in [0.1, 0.15) is 6.04 Å². The molecule has 0 radical (unpaired) electrons. The second kappa shape index (κ2) is 6.20. The topological polar surface area (TPSA) is 55.1 Å². The molecule has 3 N–H and O–H groups in total. The number of hydrogen-bond donors (Lipinski definition) is 2. The van der Waals surface area contributed by atoms with E-state index >= 15 is 0 Å². The molecule has 2 atom stereocenters. The molecule has 0 bridgehead atoms. The highest BCUT2D eigenvalue weighted by Gasteiger charge is 2.19. The van der Waals surface area contributed by atoms with Crippen molar-refractivity contribution in [1.82, 2.24) is 5.32 Å². The van der Waals surface area contributed by atoms with Crippen molar-refractivity contribution in [2.24, 2.45) is 5.73 Å². The van der Waals surface area contributed by atoms with E-state index in [9.17, 15) is 4.79 Å². The van der Waals surface area contributed by atoms with Crippen LogP contribution in [-0.2, 0) is 4.79 Å². The van der Waals surface area contributed by atoms with Crippen molar-refractivity contribution in [3.05, 3.63) is 57.3 Å². The molecule has 106 valence electrons. The molecule has 1 aromatic heterocycles. The van der Waals surface area contributed by atoms with E-state index in [1.807, 2.05) is 24.4 Å². The van der Waals surface area contributed by atoms with Crippen molar-refractivity contribution >= 4 is 17.2 Å². The lowest BCUT2D eigenvalue weighted by Gasteiger charge is -2.19. The summed E-state index contributed by atoms with van der Waals surface area (Å²) < 4.78 is 0. The molecular weight excluding hydrogens is 268 g/mol. The third-order valence-corrected chi connectivity index (χ3v) is 4.34. The molecule has 0 aliphatic carbocycles. The maximum atomic E-state index is 12.2. The molecule has 0 aliphatic rings. The third kappa shape index (κ3) is 3.26. The zero-order chi connectivity index (χ0) is 14.7. The Morgan fingerprint density at radius 2 is 2.05 bits per heavy atom. The largest absolute Gasteiger partial charge is 0.348 e. The predicted molar refractivity (Wildman–Crippen MR) is 83.7 cm³/mol. The van der Waals surface area contributed by atoms with Gasteiger partial charge in [-0.1, -0.05) is 29.8 Å². The number of carbonyl (C=O) groups excluding carboxylic acids is 1. The number of hydrogen-bond acceptors (Lipinski definition) is 3. The Balaban J connectivity index is 2.07. The lowest BCUT2D eigenvalue weighted by molar-refractivity contribution is -0.123. The van der Waals surface area contributed by atoms with Crippen LogP contribution in [0.4, 0.5) is 0 Å². The molecule has 2 unspecified atom stereocenters. The van der Waals surface area contributed by atoms with Gasteiger partial charge in [0.05, 0.1) is 6.04 Å². The molecule has 1 aromatic carbocycles. The average Bonchev–Trinajstić information content (AvgIpc) is 2.91. The number of rotatable bonds is 4. The van der Waals surface area contributed by atoms with E-state index in [2.05, 4.69) is 37.4 Å². The summed E-state index contributed by atoms with van der Waals surface area (Å²) in [7, 11) is 0. The Morgan fingerprint density at radius 1 is 1.30 bits per heavy atom. The maximum absolute atomic E-state index is 12.2. The minimum Gasteiger partial charge on any atom is -0.348 e. The van der Waals surface area contributed by atoms with Crippen LogP contribution < -0.4 is 11.1 Å². The van der Waals surface area contributed by atoms with Gasteiger partial charge in [-0.3, -0.25) is 4.79 Å². The number of carbonyl (C=O) groups is 1. The quantitative estimate of drug-likeness (QED) is 0.907. The first-order valence-corrected chi connectivity index (χ1v) is 7.53. The normalized spacial score (nSPS) is 13.8. The second-order valence-corrected chi connectivity index (χ2v) is 6.06. The summed E-state index contributed by atoms with van der Waals surface area (Å²) in [4.78, 5) is 13.1. The highest BCUT2D eigenvalue weighted by Crippen LogP contribution is 2.21. The molecule has 0 aliphatic heterocycles. The van der Waals surface area contributed by atoms with Crippen LogP contribution in [0.1, 0.15) is 40.6 Å². The summed E-state index contributed by atoms with van der Waals surface area (Å²) in [5, 5.41) is 4.91. The van der Waals surface area contributed by atoms with E-state index in [1.54, 1.807) is 0 Å². The molecule has 2 rings (SSSR count). The zero-order valence-electron chi connectivity index (χ0n) is 12.0. The van der Waals surface area contributed by atoms with Crippen molar-refractivity contribution in [2.45, 2.75) is 32.9 Å². The Hall–Kier alpha value is -1.65. The fourth-order valence-corrected chi connectivity index (χ4v) is 3.01. The first-order valence-electron chi connectivity index (χ1n) is 6.65. The van der Waals surface area contributed by atoms with Crippen molar-refractivity contribution < 1.29 is 4.79 Å². The van der Waals surface area contributed by atoms with E-state index < -0.39 is 6.04 Å². The number of benzene rings is 1. The minimum absolute atomic E-state index is 0.0471. The van der Waals surface area contributed by atoms with Crippen LogP contribution in [-0.4, -0.2) is 5.91 Å². The van der Waals surface area contributed by atoms with Crippen LogP contribution in [0.25, 0.3) is 0 Å². The molecule has 0 spiro atoms. The van der Waals surface area contributed by atoms with Gasteiger partial charge in [0.15, 0.2) is 0 Å². The standard InChI is InChI=1S/C16H20N2OS/c1-10-6-7-13(11(2)9-10)12(3)18-16(19)15(17)14-5-4-8-20-14/h4-9,12,15H,17H2,1-3H3,(H,18,19). The highest BCUT2D eigenvalue weighted by atomic mass is 32.1. The van der Waals surface area contributed by atoms with Crippen LogP contribution >= 0.6 is 11.3 Å². The van der Waals surface area contributed by atoms with Gasteiger partial charge >= 0.3 is 0 Å². The van der Waals surface area contributed by atoms with Gasteiger partial charge in [0, 0.05) is 4.88 Å². The lowest BCUT2D eigenvalue weighted by Crippen LogP contribution is -2.35. The van der Waals surface area contributed by atoms with Gasteiger partial charge < -0.3 is 11.1 Å². The molecular formula is C16H20N2OS. The van der Waals surface area contributed by atoms with Gasteiger partial charge in [-0.05, 0) is 43.3 Å². The van der Waals surface area contributed by atoms with E-state index in [0.717, 1.165) is 10.4 Å². The summed E-state index contributed by atoms with van der Waals surface area (Å²) >= 11 is 1.50. The fraction of sp³-hybridized carbons (Fsp3) is 0.312. The number of nitrogens with two attached hydrogens (primary N) is 1. The molecule has 0 saturated carbocycles. The average molecular weight is 288 g/mol. The van der Waals surface area contributed by atoms with E-state index in [4.69, 9.17) is 5.73 Å². The number of nitrogens with one attached hydrogen (secondary N) is 1. The predicted octanol–water partition coefficient (Wildman–Crippen LogP) is 3.24. The van der Waals surface area contributed by atoms with Crippen LogP contribution in [0, 0.1) is 13.8 Å². The Morgan fingerprint density at radius 3 is 2.65 bits per heavy atom. The van der Waals surface area contributed by atoms with Gasteiger partial charge in [-0.2, -0.15) is 0 Å². The maximum Gasteiger partial charge on any atom is 0.242 e. The summed E-state index contributed by atoms with van der Waals surface area (Å²) in [6.45, 7) is 6.10. The summed E-state index contributed by atoms with van der Waals surface area (Å²) in [6, 6.07) is 9.39. The smallest absolute Gasteiger partial charge is 0.242 e. The zero-order valence-corrected chi connectivity index (χ0v) is 12.8. The number of thiophene rings is 1. The summed E-state index contributed by atoms with van der Waals surface area (Å²) in [5.41, 5.74) is 9.50. The Bertz CT molecular complexity index is 593. The SMILES string of the molecule is Cc1ccc(C(C)NC(=O)C(N)c2cccs2)c(C)c1. The molecule has 20 heavy (non-hydrogen) atoms. The fourth-order valence-electron chi connectivity index (χ4n) is 2.29. The first-order chi connectivity index (χ1) is 9.49. The summed E-state index contributed by atoms with van der Waals surface area (Å²) in [6.07, 6.45) is 0. The van der Waals surface area contributed by atoms with Crippen LogP contribution in [0.2, 0.25) is 0 Å². The lowest BCUT2D eigenvalue weighted by atomic mass is 10.00. The van der Waals surface area contributed by atoms with Crippen LogP contribution in [0.15, 0.2) is 35.7 Å². The number of aryl methyl sites for hydroxylation is 2. The first kappa shape index (κ1) is 14.8. The molecule has 0 fully saturated rings. The third-order valence-electron chi connectivity index (χ3n) is 3.38. The van der Waals surface area contributed by atoms with Gasteiger partial charge in [-0.25, -0.2) is 0 Å². The van der Waals surface area contributed by atoms with Gasteiger partial charge in [0.25, 0.3) is 0 Å². The van der Waals surface area contributed by atoms with Crippen molar-refractivity contribution in [3.8, 4) is 0 Å². The van der Waals surface area contributed by atoms with Crippen LogP contribution in [0.3, 0.4) is 0 Å². The van der Waals surface area contributed by atoms with E-state index in [0.29, 0.717) is 0 Å². The highest BCUT2D eigenvalue weighted by molar-refractivity contribution is 7.10. The van der Waals surface area contributed by atoms with Crippen molar-refractivity contribution in [1.29, 1.82) is 0 Å². The van der Waals surface area contributed by atoms with E-state index in [1.165, 1.54) is 22.5 Å². The Kier molecular flexibility index (Phi) is 4.57. The Labute approximate surface area is 123 Å². The number of amides is 1. The summed E-state index contributed by atoms with van der Waals surface area (Å²) in [5.74, 6) is -0.139. The molecule has 2 aromatic rings. The van der Waals surface area contributed by atoms with Crippen molar-refractivity contribution in [2.75, 3.05) is 0 Å². The molecule has 1 amide bonds. The molecule has 4 heteroatoms. The molecule has 1 heterocycles. The monoisotopic (exact) mass is 288 g/mol. The van der Waals surface area contributed by atoms with Crippen LogP contribution in [0.5, 0.6) is 0 Å². The van der Waals surface area contributed by atoms with Gasteiger partial charge in [-0.15, -0.1) is 11.3 Å². The second-order valence-electron chi connectivity index (χ2n) is 5.08. The van der Waals surface area contributed by atoms with Gasteiger partial charge in [0.2, 0.25) is 5.91 Å². The molecule has 3 nitrogen and oxygen atoms in total. The van der Waals surface area contributed by atoms with E-state index in [-0.39, 0.29) is 11.9 Å². The van der Waals surface area contributed by atoms with Crippen molar-refractivity contribution in [3.63, 3.8) is 0 Å².